The van der Waals surface area contributed by atoms with E-state index in [4.69, 9.17) is 5.73 Å². The molecule has 0 spiro atoms. The Hall–Kier alpha value is -0.420. The van der Waals surface area contributed by atoms with Gasteiger partial charge >= 0.3 is 0 Å². The maximum atomic E-state index is 6.13. The second-order valence-corrected chi connectivity index (χ2v) is 8.64. The van der Waals surface area contributed by atoms with Crippen molar-refractivity contribution in [3.8, 4) is 0 Å². The quantitative estimate of drug-likeness (QED) is 0.931. The van der Waals surface area contributed by atoms with Crippen LogP contribution in [0.4, 0.5) is 0 Å². The Morgan fingerprint density at radius 2 is 1.81 bits per heavy atom. The van der Waals surface area contributed by atoms with E-state index in [1.165, 1.54) is 9.75 Å². The lowest BCUT2D eigenvalue weighted by atomic mass is 9.95. The first kappa shape index (κ1) is 16.9. The van der Waals surface area contributed by atoms with Crippen molar-refractivity contribution in [2.45, 2.75) is 58.2 Å². The van der Waals surface area contributed by atoms with Crippen molar-refractivity contribution in [2.75, 3.05) is 26.7 Å². The van der Waals surface area contributed by atoms with Crippen molar-refractivity contribution in [1.82, 2.24) is 9.80 Å². The van der Waals surface area contributed by atoms with Gasteiger partial charge in [0.1, 0.15) is 0 Å². The maximum Gasteiger partial charge on any atom is 0.0565 e. The zero-order valence-corrected chi connectivity index (χ0v) is 15.2. The molecule has 2 heterocycles. The summed E-state index contributed by atoms with van der Waals surface area (Å²) in [5.74, 6) is 0. The van der Waals surface area contributed by atoms with E-state index in [1.54, 1.807) is 0 Å². The van der Waals surface area contributed by atoms with E-state index in [1.807, 2.05) is 11.3 Å². The molecular weight excluding hydrogens is 278 g/mol. The number of likely N-dealkylation sites (N-methyl/N-ethyl adjacent to an activating group) is 1. The molecule has 3 unspecified atom stereocenters. The largest absolute Gasteiger partial charge is 0.329 e. The van der Waals surface area contributed by atoms with Gasteiger partial charge in [0.05, 0.1) is 6.04 Å². The van der Waals surface area contributed by atoms with Gasteiger partial charge in [-0.05, 0) is 38.4 Å². The molecule has 1 saturated heterocycles. The van der Waals surface area contributed by atoms with Crippen molar-refractivity contribution >= 4 is 11.3 Å². The summed E-state index contributed by atoms with van der Waals surface area (Å²) < 4.78 is 0. The fraction of sp³-hybridized carbons (Fsp3) is 0.765. The van der Waals surface area contributed by atoms with Crippen LogP contribution in [0.1, 0.15) is 50.4 Å². The summed E-state index contributed by atoms with van der Waals surface area (Å²) >= 11 is 1.93. The predicted molar refractivity (Wildman–Crippen MR) is 93.1 cm³/mol. The molecule has 1 aliphatic rings. The number of thiophene rings is 1. The summed E-state index contributed by atoms with van der Waals surface area (Å²) in [7, 11) is 2.23. The predicted octanol–water partition coefficient (Wildman–Crippen LogP) is 3.07. The third-order valence-corrected chi connectivity index (χ3v) is 6.36. The summed E-state index contributed by atoms with van der Waals surface area (Å²) in [5.41, 5.74) is 6.36. The summed E-state index contributed by atoms with van der Waals surface area (Å²) in [6, 6.07) is 6.11. The van der Waals surface area contributed by atoms with Gasteiger partial charge in [0, 0.05) is 41.5 Å². The fourth-order valence-corrected chi connectivity index (χ4v) is 4.29. The number of nitrogens with zero attached hydrogens (tertiary/aromatic N) is 2. The smallest absolute Gasteiger partial charge is 0.0565 e. The van der Waals surface area contributed by atoms with Crippen molar-refractivity contribution < 1.29 is 0 Å². The second-order valence-electron chi connectivity index (χ2n) is 7.52. The number of nitrogens with two attached hydrogens (primary N) is 1. The minimum absolute atomic E-state index is 0.227. The van der Waals surface area contributed by atoms with Crippen LogP contribution < -0.4 is 5.73 Å². The van der Waals surface area contributed by atoms with Gasteiger partial charge in [0.25, 0.3) is 0 Å². The monoisotopic (exact) mass is 309 g/mol. The molecule has 2 rings (SSSR count). The molecular formula is C17H31N3S. The van der Waals surface area contributed by atoms with Crippen LogP contribution in [0.25, 0.3) is 0 Å². The molecule has 1 aromatic rings. The molecule has 3 atom stereocenters. The second kappa shape index (κ2) is 6.37. The lowest BCUT2D eigenvalue weighted by molar-refractivity contribution is 0.0360. The van der Waals surface area contributed by atoms with Crippen LogP contribution in [0.5, 0.6) is 0 Å². The molecule has 4 heteroatoms. The summed E-state index contributed by atoms with van der Waals surface area (Å²) in [6.07, 6.45) is 0. The topological polar surface area (TPSA) is 32.5 Å². The Balaban J connectivity index is 2.18. The zero-order chi connectivity index (χ0) is 15.8. The third kappa shape index (κ3) is 3.67. The molecule has 2 N–H and O–H groups in total. The van der Waals surface area contributed by atoms with Gasteiger partial charge in [-0.2, -0.15) is 0 Å². The normalized spacial score (nSPS) is 27.0. The average molecular weight is 310 g/mol. The van der Waals surface area contributed by atoms with E-state index < -0.39 is 0 Å². The van der Waals surface area contributed by atoms with Crippen LogP contribution in [0.3, 0.4) is 0 Å². The highest BCUT2D eigenvalue weighted by Gasteiger charge is 2.32. The molecule has 3 nitrogen and oxygen atoms in total. The van der Waals surface area contributed by atoms with Crippen LogP contribution in [-0.4, -0.2) is 48.6 Å². The van der Waals surface area contributed by atoms with Gasteiger partial charge < -0.3 is 5.73 Å². The Bertz CT molecular complexity index is 451. The average Bonchev–Trinajstić information content (AvgIpc) is 2.86. The first-order chi connectivity index (χ1) is 9.74. The van der Waals surface area contributed by atoms with E-state index in [0.717, 1.165) is 13.1 Å². The highest BCUT2D eigenvalue weighted by Crippen LogP contribution is 2.35. The molecule has 0 saturated carbocycles. The van der Waals surface area contributed by atoms with E-state index in [9.17, 15) is 0 Å². The van der Waals surface area contributed by atoms with Gasteiger partial charge in [-0.1, -0.05) is 20.8 Å². The van der Waals surface area contributed by atoms with Crippen LogP contribution in [0.15, 0.2) is 12.1 Å². The van der Waals surface area contributed by atoms with Crippen molar-refractivity contribution in [3.05, 3.63) is 21.9 Å². The number of rotatable bonds is 3. The van der Waals surface area contributed by atoms with Gasteiger partial charge in [-0.25, -0.2) is 0 Å². The molecule has 1 fully saturated rings. The molecule has 0 aromatic carbocycles. The van der Waals surface area contributed by atoms with E-state index in [-0.39, 0.29) is 5.41 Å². The first-order valence-corrected chi connectivity index (χ1v) is 8.82. The summed E-state index contributed by atoms with van der Waals surface area (Å²) in [5, 5.41) is 0. The lowest BCUT2D eigenvalue weighted by Gasteiger charge is -2.45. The minimum Gasteiger partial charge on any atom is -0.329 e. The van der Waals surface area contributed by atoms with Crippen LogP contribution >= 0.6 is 11.3 Å². The van der Waals surface area contributed by atoms with Crippen molar-refractivity contribution in [2.24, 2.45) is 5.73 Å². The van der Waals surface area contributed by atoms with Crippen LogP contribution in [-0.2, 0) is 5.41 Å². The van der Waals surface area contributed by atoms with Gasteiger partial charge in [0.15, 0.2) is 0 Å². The molecule has 1 aromatic heterocycles. The van der Waals surface area contributed by atoms with E-state index in [0.29, 0.717) is 24.7 Å². The van der Waals surface area contributed by atoms with Gasteiger partial charge in [-0.15, -0.1) is 11.3 Å². The summed E-state index contributed by atoms with van der Waals surface area (Å²) in [4.78, 5) is 7.92. The zero-order valence-electron chi connectivity index (χ0n) is 14.4. The van der Waals surface area contributed by atoms with E-state index >= 15 is 0 Å². The SMILES string of the molecule is CC1CN(C(CN)c2ccc(C(C)(C)C)s2)CC(C)N1C. The fourth-order valence-electron chi connectivity index (χ4n) is 3.08. The minimum atomic E-state index is 0.227. The molecule has 1 aliphatic heterocycles. The standard InChI is InChI=1S/C17H31N3S/c1-12-10-20(11-13(2)19(12)6)14(9-18)15-7-8-16(21-15)17(3,4)5/h7-8,12-14H,9-11,18H2,1-6H3. The number of hydrogen-bond donors (Lipinski definition) is 1. The molecule has 0 amide bonds. The Morgan fingerprint density at radius 3 is 2.24 bits per heavy atom. The summed E-state index contributed by atoms with van der Waals surface area (Å²) in [6.45, 7) is 14.4. The third-order valence-electron chi connectivity index (χ3n) is 4.75. The number of hydrogen-bond acceptors (Lipinski definition) is 4. The molecule has 0 aliphatic carbocycles. The number of piperazine rings is 1. The van der Waals surface area contributed by atoms with Crippen LogP contribution in [0, 0.1) is 0 Å². The molecule has 21 heavy (non-hydrogen) atoms. The highest BCUT2D eigenvalue weighted by atomic mass is 32.1. The highest BCUT2D eigenvalue weighted by molar-refractivity contribution is 7.12. The first-order valence-electron chi connectivity index (χ1n) is 8.00. The van der Waals surface area contributed by atoms with Crippen LogP contribution in [0.2, 0.25) is 0 Å². The molecule has 0 bridgehead atoms. The molecule has 0 radical (unpaired) electrons. The van der Waals surface area contributed by atoms with Crippen molar-refractivity contribution in [1.29, 1.82) is 0 Å². The Morgan fingerprint density at radius 1 is 1.24 bits per heavy atom. The Labute approximate surface area is 134 Å². The van der Waals surface area contributed by atoms with E-state index in [2.05, 4.69) is 63.6 Å². The maximum absolute atomic E-state index is 6.13. The lowest BCUT2D eigenvalue weighted by Crippen LogP contribution is -2.56. The van der Waals surface area contributed by atoms with Gasteiger partial charge in [-0.3, -0.25) is 9.80 Å². The Kier molecular flexibility index (Phi) is 5.14. The molecule has 120 valence electrons. The van der Waals surface area contributed by atoms with Gasteiger partial charge in [0.2, 0.25) is 0 Å². The van der Waals surface area contributed by atoms with Crippen molar-refractivity contribution in [3.63, 3.8) is 0 Å².